The summed E-state index contributed by atoms with van der Waals surface area (Å²) in [5.41, 5.74) is 4.17. The van der Waals surface area contributed by atoms with E-state index in [-0.39, 0.29) is 23.4 Å². The third kappa shape index (κ3) is 7.36. The van der Waals surface area contributed by atoms with Crippen LogP contribution in [0.1, 0.15) is 61.8 Å². The van der Waals surface area contributed by atoms with E-state index < -0.39 is 28.5 Å². The number of amides is 2. The van der Waals surface area contributed by atoms with Gasteiger partial charge in [-0.15, -0.1) is 0 Å². The van der Waals surface area contributed by atoms with Crippen molar-refractivity contribution in [2.75, 3.05) is 10.8 Å². The van der Waals surface area contributed by atoms with Crippen LogP contribution in [0.25, 0.3) is 0 Å². The average Bonchev–Trinajstić information content (AvgIpc) is 3.48. The van der Waals surface area contributed by atoms with E-state index in [0.717, 1.165) is 47.9 Å². The minimum Gasteiger partial charge on any atom is -0.352 e. The fraction of sp³-hybridized carbons (Fsp3) is 0.394. The van der Waals surface area contributed by atoms with Gasteiger partial charge >= 0.3 is 0 Å². The largest absolute Gasteiger partial charge is 0.352 e. The molecular formula is C33H41N3O4S. The predicted octanol–water partition coefficient (Wildman–Crippen LogP) is 5.54. The smallest absolute Gasteiger partial charge is 0.264 e. The summed E-state index contributed by atoms with van der Waals surface area (Å²) in [6.45, 7) is 7.31. The molecule has 7 nitrogen and oxygen atoms in total. The Kier molecular flexibility index (Phi) is 9.86. The summed E-state index contributed by atoms with van der Waals surface area (Å²) >= 11 is 0. The fourth-order valence-electron chi connectivity index (χ4n) is 5.27. The number of anilines is 1. The summed E-state index contributed by atoms with van der Waals surface area (Å²) < 4.78 is 29.3. The monoisotopic (exact) mass is 575 g/mol. The van der Waals surface area contributed by atoms with Gasteiger partial charge in [0.25, 0.3) is 10.0 Å². The van der Waals surface area contributed by atoms with Gasteiger partial charge in [0, 0.05) is 12.6 Å². The van der Waals surface area contributed by atoms with Crippen LogP contribution < -0.4 is 9.62 Å². The number of hydrogen-bond acceptors (Lipinski definition) is 4. The highest BCUT2D eigenvalue weighted by molar-refractivity contribution is 7.92. The number of carbonyl (C=O) groups is 2. The van der Waals surface area contributed by atoms with Crippen molar-refractivity contribution in [1.82, 2.24) is 10.2 Å². The maximum Gasteiger partial charge on any atom is 0.264 e. The molecule has 8 heteroatoms. The van der Waals surface area contributed by atoms with E-state index in [4.69, 9.17) is 0 Å². The predicted molar refractivity (Wildman–Crippen MR) is 163 cm³/mol. The Morgan fingerprint density at radius 2 is 1.49 bits per heavy atom. The zero-order chi connectivity index (χ0) is 29.6. The zero-order valence-electron chi connectivity index (χ0n) is 24.5. The highest BCUT2D eigenvalue weighted by atomic mass is 32.2. The van der Waals surface area contributed by atoms with Crippen LogP contribution in [-0.2, 0) is 32.6 Å². The summed E-state index contributed by atoms with van der Waals surface area (Å²) in [5.74, 6) is -0.666. The highest BCUT2D eigenvalue weighted by Crippen LogP contribution is 2.28. The van der Waals surface area contributed by atoms with E-state index in [0.29, 0.717) is 12.1 Å². The van der Waals surface area contributed by atoms with Crippen molar-refractivity contribution in [3.63, 3.8) is 0 Å². The van der Waals surface area contributed by atoms with Gasteiger partial charge in [-0.05, 0) is 69.4 Å². The second-order valence-electron chi connectivity index (χ2n) is 11.0. The van der Waals surface area contributed by atoms with Crippen LogP contribution in [0.4, 0.5) is 5.69 Å². The maximum atomic E-state index is 14.2. The molecule has 0 radical (unpaired) electrons. The van der Waals surface area contributed by atoms with Gasteiger partial charge in [0.1, 0.15) is 12.6 Å². The molecule has 41 heavy (non-hydrogen) atoms. The fourth-order valence-corrected chi connectivity index (χ4v) is 6.72. The lowest BCUT2D eigenvalue weighted by molar-refractivity contribution is -0.139. The molecule has 0 bridgehead atoms. The Balaban J connectivity index is 1.71. The second-order valence-corrected chi connectivity index (χ2v) is 12.8. The molecular weight excluding hydrogens is 534 g/mol. The number of sulfonamides is 1. The van der Waals surface area contributed by atoms with Gasteiger partial charge in [0.05, 0.1) is 10.6 Å². The molecule has 1 unspecified atom stereocenters. The molecule has 218 valence electrons. The topological polar surface area (TPSA) is 86.8 Å². The first-order valence-corrected chi connectivity index (χ1v) is 15.9. The molecule has 1 fully saturated rings. The summed E-state index contributed by atoms with van der Waals surface area (Å²) in [5, 5.41) is 3.11. The Morgan fingerprint density at radius 1 is 0.902 bits per heavy atom. The lowest BCUT2D eigenvalue weighted by Crippen LogP contribution is -2.52. The molecule has 3 aromatic rings. The molecule has 1 atom stereocenters. The second kappa shape index (κ2) is 13.3. The standard InChI is InChI=1S/C33H41N3O4S/c1-5-28-10-6-9-13-31(28)36(41(39,40)30-20-16-25(3)17-21-30)23-32(37)35(22-27-18-14-24(2)15-19-27)26(4)33(38)34-29-11-7-8-12-29/h6,9-10,13-21,26,29H,5,7-8,11-12,22-23H2,1-4H3,(H,34,38). The van der Waals surface area contributed by atoms with Crippen LogP contribution in [-0.4, -0.2) is 43.8 Å². The molecule has 0 spiro atoms. The molecule has 1 saturated carbocycles. The van der Waals surface area contributed by atoms with Gasteiger partial charge in [-0.25, -0.2) is 8.42 Å². The quantitative estimate of drug-likeness (QED) is 0.325. The van der Waals surface area contributed by atoms with Crippen LogP contribution >= 0.6 is 0 Å². The number of carbonyl (C=O) groups excluding carboxylic acids is 2. The van der Waals surface area contributed by atoms with E-state index >= 15 is 0 Å². The van der Waals surface area contributed by atoms with Gasteiger partial charge in [0.2, 0.25) is 11.8 Å². The number of nitrogens with one attached hydrogen (secondary N) is 1. The molecule has 0 aliphatic heterocycles. The first kappa shape index (κ1) is 30.3. The molecule has 0 aromatic heterocycles. The lowest BCUT2D eigenvalue weighted by atomic mass is 10.1. The lowest BCUT2D eigenvalue weighted by Gasteiger charge is -2.33. The van der Waals surface area contributed by atoms with Crippen LogP contribution in [0.2, 0.25) is 0 Å². The highest BCUT2D eigenvalue weighted by Gasteiger charge is 2.34. The van der Waals surface area contributed by atoms with Gasteiger partial charge in [0.15, 0.2) is 0 Å². The minimum atomic E-state index is -4.09. The Morgan fingerprint density at radius 3 is 2.10 bits per heavy atom. The first-order valence-electron chi connectivity index (χ1n) is 14.4. The van der Waals surface area contributed by atoms with Gasteiger partial charge in [-0.3, -0.25) is 13.9 Å². The number of rotatable bonds is 11. The summed E-state index contributed by atoms with van der Waals surface area (Å²) in [6.07, 6.45) is 4.61. The molecule has 1 N–H and O–H groups in total. The van der Waals surface area contributed by atoms with Crippen LogP contribution in [0.5, 0.6) is 0 Å². The van der Waals surface area contributed by atoms with Gasteiger partial charge in [-0.2, -0.15) is 0 Å². The third-order valence-corrected chi connectivity index (χ3v) is 9.65. The Hall–Kier alpha value is -3.65. The van der Waals surface area contributed by atoms with Crippen molar-refractivity contribution in [2.24, 2.45) is 0 Å². The molecule has 4 rings (SSSR count). The van der Waals surface area contributed by atoms with Gasteiger partial charge in [-0.1, -0.05) is 85.5 Å². The van der Waals surface area contributed by atoms with Crippen LogP contribution in [0.15, 0.2) is 77.7 Å². The van der Waals surface area contributed by atoms with E-state index in [1.54, 1.807) is 43.3 Å². The SMILES string of the molecule is CCc1ccccc1N(CC(=O)N(Cc1ccc(C)cc1)C(C)C(=O)NC1CCCC1)S(=O)(=O)c1ccc(C)cc1. The molecule has 1 aliphatic rings. The van der Waals surface area contributed by atoms with Crippen molar-refractivity contribution < 1.29 is 18.0 Å². The number of hydrogen-bond donors (Lipinski definition) is 1. The van der Waals surface area contributed by atoms with Crippen LogP contribution in [0, 0.1) is 13.8 Å². The molecule has 2 amide bonds. The van der Waals surface area contributed by atoms with Crippen molar-refractivity contribution in [3.05, 3.63) is 95.1 Å². The number of benzene rings is 3. The van der Waals surface area contributed by atoms with Crippen molar-refractivity contribution >= 4 is 27.5 Å². The third-order valence-electron chi connectivity index (χ3n) is 7.87. The summed E-state index contributed by atoms with van der Waals surface area (Å²) in [4.78, 5) is 29.1. The molecule has 1 aliphatic carbocycles. The van der Waals surface area contributed by atoms with Gasteiger partial charge < -0.3 is 10.2 Å². The van der Waals surface area contributed by atoms with Crippen molar-refractivity contribution in [3.8, 4) is 0 Å². The minimum absolute atomic E-state index is 0.108. The van der Waals surface area contributed by atoms with E-state index in [2.05, 4.69) is 5.32 Å². The zero-order valence-corrected chi connectivity index (χ0v) is 25.3. The molecule has 0 saturated heterocycles. The average molecular weight is 576 g/mol. The first-order chi connectivity index (χ1) is 19.6. The summed E-state index contributed by atoms with van der Waals surface area (Å²) in [7, 11) is -4.09. The Labute approximate surface area is 244 Å². The molecule has 0 heterocycles. The number of nitrogens with zero attached hydrogens (tertiary/aromatic N) is 2. The number of aryl methyl sites for hydroxylation is 3. The maximum absolute atomic E-state index is 14.2. The summed E-state index contributed by atoms with van der Waals surface area (Å²) in [6, 6.07) is 21.0. The number of para-hydroxylation sites is 1. The van der Waals surface area contributed by atoms with Crippen LogP contribution in [0.3, 0.4) is 0 Å². The normalized spacial score (nSPS) is 14.4. The van der Waals surface area contributed by atoms with Crippen molar-refractivity contribution in [2.45, 2.75) is 83.3 Å². The van der Waals surface area contributed by atoms with E-state index in [9.17, 15) is 18.0 Å². The van der Waals surface area contributed by atoms with Crippen molar-refractivity contribution in [1.29, 1.82) is 0 Å². The van der Waals surface area contributed by atoms with E-state index in [1.165, 1.54) is 9.21 Å². The Bertz CT molecular complexity index is 1450. The van der Waals surface area contributed by atoms with E-state index in [1.807, 2.05) is 57.2 Å². The molecule has 3 aromatic carbocycles.